The number of ether oxygens (including phenoxy) is 1. The van der Waals surface area contributed by atoms with Crippen molar-refractivity contribution in [3.05, 3.63) is 34.4 Å². The van der Waals surface area contributed by atoms with Gasteiger partial charge >= 0.3 is 0 Å². The van der Waals surface area contributed by atoms with Gasteiger partial charge in [-0.2, -0.15) is 0 Å². The van der Waals surface area contributed by atoms with Gasteiger partial charge in [0.2, 0.25) is 0 Å². The van der Waals surface area contributed by atoms with Gasteiger partial charge in [-0.1, -0.05) is 12.1 Å². The van der Waals surface area contributed by atoms with Gasteiger partial charge in [-0.25, -0.2) is 0 Å². The normalized spacial score (nSPS) is 15.9. The predicted octanol–water partition coefficient (Wildman–Crippen LogP) is 2.08. The van der Waals surface area contributed by atoms with E-state index in [2.05, 4.69) is 20.5 Å². The molecule has 1 fully saturated rings. The molecule has 0 aromatic heterocycles. The van der Waals surface area contributed by atoms with E-state index in [4.69, 9.17) is 4.74 Å². The van der Waals surface area contributed by atoms with E-state index in [9.17, 15) is 10.1 Å². The Morgan fingerprint density at radius 2 is 2.08 bits per heavy atom. The molecule has 1 saturated heterocycles. The van der Waals surface area contributed by atoms with Gasteiger partial charge in [0.05, 0.1) is 11.0 Å². The lowest BCUT2D eigenvalue weighted by molar-refractivity contribution is -0.384. The number of guanidine groups is 1. The number of anilines is 1. The van der Waals surface area contributed by atoms with Gasteiger partial charge in [0.1, 0.15) is 5.69 Å². The highest BCUT2D eigenvalue weighted by atomic mass is 16.6. The summed E-state index contributed by atoms with van der Waals surface area (Å²) in [6, 6.07) is 6.65. The van der Waals surface area contributed by atoms with Gasteiger partial charge in [0.15, 0.2) is 5.96 Å². The number of piperidine rings is 1. The van der Waals surface area contributed by atoms with E-state index < -0.39 is 0 Å². The lowest BCUT2D eigenvalue weighted by atomic mass is 10.1. The van der Waals surface area contributed by atoms with E-state index in [1.165, 1.54) is 6.07 Å². The van der Waals surface area contributed by atoms with E-state index >= 15 is 0 Å². The Labute approximate surface area is 148 Å². The average Bonchev–Trinajstić information content (AvgIpc) is 2.63. The standard InChI is InChI=1S/C17H27N5O3/c1-3-25-14-8-12-21(13-9-14)17(18-2)20-11-10-19-15-6-4-5-7-16(15)22(23)24/h4-7,14,19H,3,8-13H2,1-2H3,(H,18,20). The molecule has 2 N–H and O–H groups in total. The molecule has 1 aromatic carbocycles. The SMILES string of the molecule is CCOC1CCN(C(=NC)NCCNc2ccccc2[N+](=O)[O-])CC1. The number of nitro benzene ring substituents is 1. The Bertz CT molecular complexity index is 585. The quantitative estimate of drug-likeness (QED) is 0.257. The first-order valence-electron chi connectivity index (χ1n) is 8.70. The van der Waals surface area contributed by atoms with Crippen molar-refractivity contribution in [1.29, 1.82) is 0 Å². The fourth-order valence-corrected chi connectivity index (χ4v) is 2.96. The molecule has 138 valence electrons. The van der Waals surface area contributed by atoms with E-state index in [-0.39, 0.29) is 10.6 Å². The lowest BCUT2D eigenvalue weighted by Crippen LogP contribution is -2.47. The molecule has 0 bridgehead atoms. The molecule has 1 aliphatic rings. The van der Waals surface area contributed by atoms with Crippen LogP contribution in [0.5, 0.6) is 0 Å². The third kappa shape index (κ3) is 5.60. The summed E-state index contributed by atoms with van der Waals surface area (Å²) in [7, 11) is 1.77. The molecule has 0 radical (unpaired) electrons. The molecule has 1 aliphatic heterocycles. The van der Waals surface area contributed by atoms with Crippen LogP contribution in [0.25, 0.3) is 0 Å². The smallest absolute Gasteiger partial charge is 0.292 e. The Kier molecular flexibility index (Phi) is 7.46. The number of benzene rings is 1. The second-order valence-electron chi connectivity index (χ2n) is 5.82. The maximum absolute atomic E-state index is 11.0. The van der Waals surface area contributed by atoms with E-state index in [0.717, 1.165) is 38.5 Å². The number of aliphatic imine (C=N–C) groups is 1. The summed E-state index contributed by atoms with van der Waals surface area (Å²) in [4.78, 5) is 17.2. The van der Waals surface area contributed by atoms with Crippen LogP contribution in [0.4, 0.5) is 11.4 Å². The largest absolute Gasteiger partial charge is 0.378 e. The fraction of sp³-hybridized carbons (Fsp3) is 0.588. The van der Waals surface area contributed by atoms with Crippen molar-refractivity contribution in [2.45, 2.75) is 25.9 Å². The predicted molar refractivity (Wildman–Crippen MR) is 99.2 cm³/mol. The van der Waals surface area contributed by atoms with Gasteiger partial charge in [0, 0.05) is 45.9 Å². The second-order valence-corrected chi connectivity index (χ2v) is 5.82. The summed E-state index contributed by atoms with van der Waals surface area (Å²) in [5.74, 6) is 0.860. The van der Waals surface area contributed by atoms with Crippen LogP contribution in [-0.2, 0) is 4.74 Å². The molecule has 0 amide bonds. The topological polar surface area (TPSA) is 92.0 Å². The Hall–Kier alpha value is -2.35. The van der Waals surface area contributed by atoms with Gasteiger partial charge in [-0.3, -0.25) is 15.1 Å². The van der Waals surface area contributed by atoms with Crippen LogP contribution in [0, 0.1) is 10.1 Å². The first kappa shape index (κ1) is 19.0. The first-order valence-corrected chi connectivity index (χ1v) is 8.70. The zero-order valence-corrected chi connectivity index (χ0v) is 14.9. The van der Waals surface area contributed by atoms with E-state index in [1.54, 1.807) is 25.2 Å². The second kappa shape index (κ2) is 9.83. The highest BCUT2D eigenvalue weighted by Crippen LogP contribution is 2.22. The molecule has 0 spiro atoms. The van der Waals surface area contributed by atoms with Crippen LogP contribution in [0.2, 0.25) is 0 Å². The molecule has 0 aliphatic carbocycles. The van der Waals surface area contributed by atoms with Crippen LogP contribution < -0.4 is 10.6 Å². The number of nitrogens with one attached hydrogen (secondary N) is 2. The summed E-state index contributed by atoms with van der Waals surface area (Å²) in [6.45, 7) is 5.82. The molecule has 25 heavy (non-hydrogen) atoms. The average molecular weight is 349 g/mol. The number of hydrogen-bond acceptors (Lipinski definition) is 5. The summed E-state index contributed by atoms with van der Waals surface area (Å²) < 4.78 is 5.67. The molecular weight excluding hydrogens is 322 g/mol. The summed E-state index contributed by atoms with van der Waals surface area (Å²) in [5, 5.41) is 17.4. The van der Waals surface area contributed by atoms with Crippen LogP contribution in [0.1, 0.15) is 19.8 Å². The first-order chi connectivity index (χ1) is 12.2. The third-order valence-corrected chi connectivity index (χ3v) is 4.18. The highest BCUT2D eigenvalue weighted by Gasteiger charge is 2.21. The Morgan fingerprint density at radius 1 is 1.36 bits per heavy atom. The van der Waals surface area contributed by atoms with Crippen molar-refractivity contribution in [3.63, 3.8) is 0 Å². The Balaban J connectivity index is 1.76. The van der Waals surface area contributed by atoms with Crippen molar-refractivity contribution in [2.75, 3.05) is 45.2 Å². The van der Waals surface area contributed by atoms with Crippen LogP contribution >= 0.6 is 0 Å². The monoisotopic (exact) mass is 349 g/mol. The molecule has 8 heteroatoms. The number of nitrogens with zero attached hydrogens (tertiary/aromatic N) is 3. The third-order valence-electron chi connectivity index (χ3n) is 4.18. The van der Waals surface area contributed by atoms with Crippen LogP contribution in [0.15, 0.2) is 29.3 Å². The van der Waals surface area contributed by atoms with Gasteiger partial charge in [0.25, 0.3) is 5.69 Å². The Morgan fingerprint density at radius 3 is 2.72 bits per heavy atom. The van der Waals surface area contributed by atoms with E-state index in [0.29, 0.717) is 24.9 Å². The number of rotatable bonds is 7. The molecule has 8 nitrogen and oxygen atoms in total. The zero-order chi connectivity index (χ0) is 18.1. The summed E-state index contributed by atoms with van der Waals surface area (Å²) in [5.41, 5.74) is 0.617. The van der Waals surface area contributed by atoms with Gasteiger partial charge in [-0.05, 0) is 25.8 Å². The van der Waals surface area contributed by atoms with Crippen molar-refractivity contribution < 1.29 is 9.66 Å². The fourth-order valence-electron chi connectivity index (χ4n) is 2.96. The summed E-state index contributed by atoms with van der Waals surface area (Å²) in [6.07, 6.45) is 2.35. The van der Waals surface area contributed by atoms with Crippen molar-refractivity contribution >= 4 is 17.3 Å². The number of nitro groups is 1. The van der Waals surface area contributed by atoms with Crippen LogP contribution in [-0.4, -0.2) is 61.7 Å². The van der Waals surface area contributed by atoms with Gasteiger partial charge in [-0.15, -0.1) is 0 Å². The molecule has 2 rings (SSSR count). The van der Waals surface area contributed by atoms with Crippen molar-refractivity contribution in [3.8, 4) is 0 Å². The summed E-state index contributed by atoms with van der Waals surface area (Å²) >= 11 is 0. The molecule has 1 heterocycles. The molecular formula is C17H27N5O3. The minimum atomic E-state index is -0.378. The number of hydrogen-bond donors (Lipinski definition) is 2. The lowest BCUT2D eigenvalue weighted by Gasteiger charge is -2.34. The highest BCUT2D eigenvalue weighted by molar-refractivity contribution is 5.80. The van der Waals surface area contributed by atoms with Crippen LogP contribution in [0.3, 0.4) is 0 Å². The van der Waals surface area contributed by atoms with Gasteiger partial charge < -0.3 is 20.3 Å². The minimum Gasteiger partial charge on any atom is -0.378 e. The minimum absolute atomic E-state index is 0.0879. The molecule has 1 aromatic rings. The molecule has 0 saturated carbocycles. The molecule has 0 unspecified atom stereocenters. The zero-order valence-electron chi connectivity index (χ0n) is 14.9. The van der Waals surface area contributed by atoms with E-state index in [1.807, 2.05) is 6.92 Å². The molecule has 0 atom stereocenters. The maximum Gasteiger partial charge on any atom is 0.292 e. The van der Waals surface area contributed by atoms with Crippen molar-refractivity contribution in [1.82, 2.24) is 10.2 Å². The van der Waals surface area contributed by atoms with Crippen molar-refractivity contribution in [2.24, 2.45) is 4.99 Å². The number of para-hydroxylation sites is 2. The number of likely N-dealkylation sites (tertiary alicyclic amines) is 1. The maximum atomic E-state index is 11.0.